The summed E-state index contributed by atoms with van der Waals surface area (Å²) < 4.78 is 4.60. The number of ether oxygens (including phenoxy) is 1. The summed E-state index contributed by atoms with van der Waals surface area (Å²) in [5.74, 6) is 0. The highest BCUT2D eigenvalue weighted by atomic mass is 79.9. The Morgan fingerprint density at radius 1 is 1.71 bits per heavy atom. The zero-order valence-electron chi connectivity index (χ0n) is 4.55. The number of halogens is 1. The highest BCUT2D eigenvalue weighted by molar-refractivity contribution is 8.93. The fraction of sp³-hybridized carbons (Fsp3) is 1.00. The van der Waals surface area contributed by atoms with Crippen LogP contribution < -0.4 is 0 Å². The maximum absolute atomic E-state index is 8.33. The van der Waals surface area contributed by atoms with E-state index in [1.807, 2.05) is 6.92 Å². The third-order valence-electron chi connectivity index (χ3n) is 0.408. The highest BCUT2D eigenvalue weighted by Gasteiger charge is 1.85. The van der Waals surface area contributed by atoms with Gasteiger partial charge in [0, 0.05) is 6.61 Å². The molecule has 0 amide bonds. The zero-order chi connectivity index (χ0) is 4.99. The molecule has 2 nitrogen and oxygen atoms in total. The van der Waals surface area contributed by atoms with Gasteiger partial charge in [0.05, 0.1) is 0 Å². The zero-order valence-corrected chi connectivity index (χ0v) is 6.26. The van der Waals surface area contributed by atoms with Gasteiger partial charge in [0.2, 0.25) is 0 Å². The van der Waals surface area contributed by atoms with Gasteiger partial charge in [-0.1, -0.05) is 0 Å². The van der Waals surface area contributed by atoms with Crippen molar-refractivity contribution >= 4 is 17.0 Å². The van der Waals surface area contributed by atoms with Crippen molar-refractivity contribution in [2.24, 2.45) is 0 Å². The molecular weight excluding hydrogens is 160 g/mol. The van der Waals surface area contributed by atoms with Crippen LogP contribution in [0.5, 0.6) is 0 Å². The van der Waals surface area contributed by atoms with E-state index in [4.69, 9.17) is 5.11 Å². The van der Waals surface area contributed by atoms with Crippen LogP contribution >= 0.6 is 17.0 Å². The van der Waals surface area contributed by atoms with Crippen molar-refractivity contribution in [1.82, 2.24) is 0 Å². The Kier molecular flexibility index (Phi) is 9.50. The van der Waals surface area contributed by atoms with Crippen molar-refractivity contribution in [3.05, 3.63) is 0 Å². The van der Waals surface area contributed by atoms with Gasteiger partial charge >= 0.3 is 0 Å². The van der Waals surface area contributed by atoms with Gasteiger partial charge in [0.25, 0.3) is 0 Å². The molecule has 7 heavy (non-hydrogen) atoms. The highest BCUT2D eigenvalue weighted by Crippen LogP contribution is 1.78. The number of aliphatic hydroxyl groups is 1. The van der Waals surface area contributed by atoms with Gasteiger partial charge < -0.3 is 9.84 Å². The molecule has 0 aromatic heterocycles. The molecule has 0 saturated carbocycles. The van der Waals surface area contributed by atoms with Gasteiger partial charge in [0.15, 0.2) is 6.29 Å². The maximum Gasteiger partial charge on any atom is 0.151 e. The predicted octanol–water partition coefficient (Wildman–Crippen LogP) is 0.939. The van der Waals surface area contributed by atoms with Gasteiger partial charge in [-0.25, -0.2) is 0 Å². The van der Waals surface area contributed by atoms with E-state index in [0.29, 0.717) is 6.61 Å². The van der Waals surface area contributed by atoms with Crippen LogP contribution in [0.1, 0.15) is 13.8 Å². The predicted molar refractivity (Wildman–Crippen MR) is 33.6 cm³/mol. The Labute approximate surface area is 54.3 Å². The lowest BCUT2D eigenvalue weighted by molar-refractivity contribution is -0.0800. The normalized spacial score (nSPS) is 12.4. The van der Waals surface area contributed by atoms with Crippen LogP contribution in [-0.4, -0.2) is 18.0 Å². The quantitative estimate of drug-likeness (QED) is 0.626. The van der Waals surface area contributed by atoms with Crippen LogP contribution in [0.25, 0.3) is 0 Å². The summed E-state index contributed by atoms with van der Waals surface area (Å²) in [6.07, 6.45) is -0.602. The average Bonchev–Trinajstić information content (AvgIpc) is 1.35. The molecule has 1 unspecified atom stereocenters. The van der Waals surface area contributed by atoms with E-state index >= 15 is 0 Å². The fourth-order valence-electron chi connectivity index (χ4n) is 0.241. The van der Waals surface area contributed by atoms with Crippen molar-refractivity contribution in [2.75, 3.05) is 6.61 Å². The van der Waals surface area contributed by atoms with E-state index in [1.54, 1.807) is 6.92 Å². The van der Waals surface area contributed by atoms with Crippen molar-refractivity contribution in [3.8, 4) is 0 Å². The summed E-state index contributed by atoms with van der Waals surface area (Å²) in [7, 11) is 0. The lowest BCUT2D eigenvalue weighted by Gasteiger charge is -1.99. The lowest BCUT2D eigenvalue weighted by atomic mass is 10.7. The van der Waals surface area contributed by atoms with Crippen LogP contribution in [0.15, 0.2) is 0 Å². The molecule has 0 saturated heterocycles. The molecule has 0 aromatic rings. The van der Waals surface area contributed by atoms with Crippen LogP contribution in [0, 0.1) is 0 Å². The number of aliphatic hydroxyl groups excluding tert-OH is 1. The molecule has 1 atom stereocenters. The minimum Gasteiger partial charge on any atom is -0.368 e. The van der Waals surface area contributed by atoms with Crippen LogP contribution in [0.2, 0.25) is 0 Å². The molecule has 0 heterocycles. The van der Waals surface area contributed by atoms with E-state index in [2.05, 4.69) is 4.74 Å². The van der Waals surface area contributed by atoms with Crippen molar-refractivity contribution in [3.63, 3.8) is 0 Å². The first-order chi connectivity index (χ1) is 2.77. The molecule has 0 aliphatic rings. The Morgan fingerprint density at radius 3 is 2.14 bits per heavy atom. The number of hydrogen-bond donors (Lipinski definition) is 1. The van der Waals surface area contributed by atoms with Crippen molar-refractivity contribution < 1.29 is 9.84 Å². The summed E-state index contributed by atoms with van der Waals surface area (Å²) in [5, 5.41) is 8.33. The summed E-state index contributed by atoms with van der Waals surface area (Å²) in [5.41, 5.74) is 0. The Hall–Kier alpha value is 0.400. The molecule has 0 aromatic carbocycles. The topological polar surface area (TPSA) is 29.5 Å². The molecule has 0 spiro atoms. The standard InChI is InChI=1S/C4H10O2.BrH/c1-3-6-4(2)5;/h4-5H,3H2,1-2H3;1H. The third-order valence-corrected chi connectivity index (χ3v) is 0.408. The molecular formula is C4H11BrO2. The van der Waals surface area contributed by atoms with Gasteiger partial charge in [-0.05, 0) is 13.8 Å². The largest absolute Gasteiger partial charge is 0.368 e. The fourth-order valence-corrected chi connectivity index (χ4v) is 0.241. The minimum atomic E-state index is -0.602. The van der Waals surface area contributed by atoms with Crippen LogP contribution in [0.3, 0.4) is 0 Å². The summed E-state index contributed by atoms with van der Waals surface area (Å²) in [4.78, 5) is 0. The van der Waals surface area contributed by atoms with Crippen molar-refractivity contribution in [1.29, 1.82) is 0 Å². The summed E-state index contributed by atoms with van der Waals surface area (Å²) in [6.45, 7) is 4.01. The Bertz CT molecular complexity index is 30.9. The first-order valence-electron chi connectivity index (χ1n) is 2.07. The van der Waals surface area contributed by atoms with E-state index in [1.165, 1.54) is 0 Å². The minimum absolute atomic E-state index is 0. The van der Waals surface area contributed by atoms with Crippen molar-refractivity contribution in [2.45, 2.75) is 20.1 Å². The number of hydrogen-bond acceptors (Lipinski definition) is 2. The second-order valence-corrected chi connectivity index (χ2v) is 1.05. The van der Waals surface area contributed by atoms with Crippen LogP contribution in [0.4, 0.5) is 0 Å². The maximum atomic E-state index is 8.33. The van der Waals surface area contributed by atoms with Crippen LogP contribution in [-0.2, 0) is 4.74 Å². The van der Waals surface area contributed by atoms with Gasteiger partial charge in [0.1, 0.15) is 0 Å². The molecule has 0 bridgehead atoms. The SMILES string of the molecule is Br.CCOC(C)O. The molecule has 0 rings (SSSR count). The average molecular weight is 171 g/mol. The smallest absolute Gasteiger partial charge is 0.151 e. The van der Waals surface area contributed by atoms with E-state index in [-0.39, 0.29) is 17.0 Å². The first-order valence-corrected chi connectivity index (χ1v) is 2.07. The van der Waals surface area contributed by atoms with Gasteiger partial charge in [-0.2, -0.15) is 0 Å². The third kappa shape index (κ3) is 10.7. The van der Waals surface area contributed by atoms with E-state index < -0.39 is 6.29 Å². The van der Waals surface area contributed by atoms with Gasteiger partial charge in [-0.3, -0.25) is 0 Å². The summed E-state index contributed by atoms with van der Waals surface area (Å²) >= 11 is 0. The Balaban J connectivity index is 0. The molecule has 3 heteroatoms. The molecule has 0 radical (unpaired) electrons. The second-order valence-electron chi connectivity index (χ2n) is 1.05. The monoisotopic (exact) mass is 170 g/mol. The molecule has 46 valence electrons. The van der Waals surface area contributed by atoms with E-state index in [0.717, 1.165) is 0 Å². The molecule has 0 fully saturated rings. The molecule has 0 aliphatic heterocycles. The summed E-state index contributed by atoms with van der Waals surface area (Å²) in [6, 6.07) is 0. The lowest BCUT2D eigenvalue weighted by Crippen LogP contribution is -2.04. The first kappa shape index (κ1) is 10.4. The number of rotatable bonds is 2. The Morgan fingerprint density at radius 2 is 2.14 bits per heavy atom. The molecule has 0 aliphatic carbocycles. The second kappa shape index (κ2) is 6.40. The van der Waals surface area contributed by atoms with Gasteiger partial charge in [-0.15, -0.1) is 17.0 Å². The molecule has 1 N–H and O–H groups in total. The van der Waals surface area contributed by atoms with E-state index in [9.17, 15) is 0 Å².